The van der Waals surface area contributed by atoms with Gasteiger partial charge in [-0.25, -0.2) is 4.79 Å². The number of halogens is 1. The molecule has 2 aliphatic heterocycles. The second kappa shape index (κ2) is 4.68. The van der Waals surface area contributed by atoms with Crippen molar-refractivity contribution < 1.29 is 19.4 Å². The maximum absolute atomic E-state index is 11.6. The van der Waals surface area contributed by atoms with E-state index in [1.54, 1.807) is 0 Å². The number of ether oxygens (including phenoxy) is 1. The summed E-state index contributed by atoms with van der Waals surface area (Å²) in [4.78, 5) is 23.8. The van der Waals surface area contributed by atoms with Gasteiger partial charge in [0.2, 0.25) is 5.91 Å². The summed E-state index contributed by atoms with van der Waals surface area (Å²) in [5.41, 5.74) is 0. The number of alkyl halides is 1. The molecule has 0 bridgehead atoms. The molecule has 0 aromatic heterocycles. The molecule has 0 spiro atoms. The van der Waals surface area contributed by atoms with Crippen LogP contribution in [0.15, 0.2) is 0 Å². The molecule has 2 aliphatic rings. The van der Waals surface area contributed by atoms with E-state index in [0.29, 0.717) is 13.0 Å². The highest BCUT2D eigenvalue weighted by atomic mass is 79.9. The van der Waals surface area contributed by atoms with Gasteiger partial charge in [0.1, 0.15) is 11.1 Å². The van der Waals surface area contributed by atoms with E-state index in [9.17, 15) is 9.59 Å². The molecule has 90 valence electrons. The fourth-order valence-electron chi connectivity index (χ4n) is 1.89. The first-order valence-corrected chi connectivity index (χ1v) is 6.05. The highest BCUT2D eigenvalue weighted by Gasteiger charge is 2.38. The van der Waals surface area contributed by atoms with Crippen molar-refractivity contribution in [2.24, 2.45) is 0 Å². The molecule has 0 aromatic rings. The van der Waals surface area contributed by atoms with E-state index in [0.717, 1.165) is 6.42 Å². The SMILES string of the molecule is O=C1NC(=O)N([C@H]2CC[C@@H](CO)O2)CC1Br. The van der Waals surface area contributed by atoms with E-state index in [-0.39, 0.29) is 24.8 Å². The van der Waals surface area contributed by atoms with Crippen LogP contribution in [0, 0.1) is 0 Å². The number of imide groups is 1. The third-order valence-electron chi connectivity index (χ3n) is 2.77. The number of carbonyl (C=O) groups excluding carboxylic acids is 2. The first kappa shape index (κ1) is 11.8. The summed E-state index contributed by atoms with van der Waals surface area (Å²) >= 11 is 3.19. The molecule has 0 radical (unpaired) electrons. The number of urea groups is 1. The minimum atomic E-state index is -0.427. The molecule has 2 N–H and O–H groups in total. The molecule has 0 aromatic carbocycles. The second-order valence-corrected chi connectivity index (χ2v) is 4.99. The minimum absolute atomic E-state index is 0.0391. The normalized spacial score (nSPS) is 35.4. The summed E-state index contributed by atoms with van der Waals surface area (Å²) in [6.07, 6.45) is 0.868. The topological polar surface area (TPSA) is 78.9 Å². The van der Waals surface area contributed by atoms with Crippen molar-refractivity contribution in [2.45, 2.75) is 30.0 Å². The smallest absolute Gasteiger partial charge is 0.326 e. The number of rotatable bonds is 2. The van der Waals surface area contributed by atoms with Gasteiger partial charge in [-0.05, 0) is 12.8 Å². The lowest BCUT2D eigenvalue weighted by atomic mass is 10.2. The molecule has 0 saturated carbocycles. The highest BCUT2D eigenvalue weighted by Crippen LogP contribution is 2.24. The average Bonchev–Trinajstić information content (AvgIpc) is 2.71. The summed E-state index contributed by atoms with van der Waals surface area (Å²) < 4.78 is 5.49. The third kappa shape index (κ3) is 2.21. The average molecular weight is 293 g/mol. The van der Waals surface area contributed by atoms with E-state index in [1.807, 2.05) is 0 Å². The Morgan fingerprint density at radius 2 is 2.25 bits per heavy atom. The van der Waals surface area contributed by atoms with Crippen LogP contribution in [0.5, 0.6) is 0 Å². The van der Waals surface area contributed by atoms with Crippen LogP contribution in [-0.2, 0) is 9.53 Å². The summed E-state index contributed by atoms with van der Waals surface area (Å²) in [5.74, 6) is -0.321. The molecule has 2 heterocycles. The summed E-state index contributed by atoms with van der Waals surface area (Å²) in [5, 5.41) is 11.2. The number of aliphatic hydroxyl groups is 1. The van der Waals surface area contributed by atoms with Gasteiger partial charge in [0.15, 0.2) is 0 Å². The van der Waals surface area contributed by atoms with Crippen molar-refractivity contribution in [1.29, 1.82) is 0 Å². The molecule has 1 unspecified atom stereocenters. The van der Waals surface area contributed by atoms with Crippen LogP contribution >= 0.6 is 15.9 Å². The van der Waals surface area contributed by atoms with Gasteiger partial charge in [0, 0.05) is 6.54 Å². The highest BCUT2D eigenvalue weighted by molar-refractivity contribution is 9.10. The van der Waals surface area contributed by atoms with Crippen molar-refractivity contribution in [3.05, 3.63) is 0 Å². The van der Waals surface area contributed by atoms with Gasteiger partial charge < -0.3 is 9.84 Å². The van der Waals surface area contributed by atoms with Gasteiger partial charge in [0.05, 0.1) is 12.7 Å². The van der Waals surface area contributed by atoms with Crippen LogP contribution in [0.2, 0.25) is 0 Å². The predicted molar refractivity (Wildman–Crippen MR) is 57.9 cm³/mol. The van der Waals surface area contributed by atoms with Crippen molar-refractivity contribution >= 4 is 27.9 Å². The molecular formula is C9H13BrN2O4. The Kier molecular flexibility index (Phi) is 3.46. The second-order valence-electron chi connectivity index (χ2n) is 3.89. The molecule has 7 heteroatoms. The number of nitrogens with zero attached hydrogens (tertiary/aromatic N) is 1. The summed E-state index contributed by atoms with van der Waals surface area (Å²) in [7, 11) is 0. The molecule has 0 aliphatic carbocycles. The van der Waals surface area contributed by atoms with Gasteiger partial charge in [0.25, 0.3) is 0 Å². The van der Waals surface area contributed by atoms with Crippen LogP contribution < -0.4 is 5.32 Å². The van der Waals surface area contributed by atoms with Crippen LogP contribution in [0.4, 0.5) is 4.79 Å². The lowest BCUT2D eigenvalue weighted by Crippen LogP contribution is -2.58. The number of nitrogens with one attached hydrogen (secondary N) is 1. The van der Waals surface area contributed by atoms with E-state index < -0.39 is 10.9 Å². The molecule has 3 amide bonds. The molecule has 6 nitrogen and oxygen atoms in total. The van der Waals surface area contributed by atoms with Crippen molar-refractivity contribution in [3.8, 4) is 0 Å². The van der Waals surface area contributed by atoms with Gasteiger partial charge in [-0.1, -0.05) is 15.9 Å². The lowest BCUT2D eigenvalue weighted by Gasteiger charge is -2.33. The van der Waals surface area contributed by atoms with Gasteiger partial charge >= 0.3 is 6.03 Å². The Bertz CT molecular complexity index is 312. The number of aliphatic hydroxyl groups excluding tert-OH is 1. The maximum Gasteiger partial charge on any atom is 0.326 e. The molecule has 2 saturated heterocycles. The number of carbonyl (C=O) groups is 2. The largest absolute Gasteiger partial charge is 0.394 e. The number of hydrogen-bond acceptors (Lipinski definition) is 4. The zero-order chi connectivity index (χ0) is 11.7. The van der Waals surface area contributed by atoms with Gasteiger partial charge in [-0.15, -0.1) is 0 Å². The lowest BCUT2D eigenvalue weighted by molar-refractivity contribution is -0.122. The minimum Gasteiger partial charge on any atom is -0.394 e. The van der Waals surface area contributed by atoms with Gasteiger partial charge in [-0.2, -0.15) is 0 Å². The van der Waals surface area contributed by atoms with Gasteiger partial charge in [-0.3, -0.25) is 15.0 Å². The molecule has 16 heavy (non-hydrogen) atoms. The molecule has 3 atom stereocenters. The number of hydrogen-bond donors (Lipinski definition) is 2. The van der Waals surface area contributed by atoms with E-state index in [1.165, 1.54) is 4.90 Å². The summed E-state index contributed by atoms with van der Waals surface area (Å²) in [6.45, 7) is 0.260. The van der Waals surface area contributed by atoms with E-state index in [4.69, 9.17) is 9.84 Å². The molecule has 2 fully saturated rings. The van der Waals surface area contributed by atoms with Crippen molar-refractivity contribution in [2.75, 3.05) is 13.2 Å². The maximum atomic E-state index is 11.6. The Hall–Kier alpha value is -0.660. The monoisotopic (exact) mass is 292 g/mol. The Morgan fingerprint density at radius 1 is 1.50 bits per heavy atom. The van der Waals surface area contributed by atoms with Crippen LogP contribution in [0.3, 0.4) is 0 Å². The third-order valence-corrected chi connectivity index (χ3v) is 3.47. The standard InChI is InChI=1S/C9H13BrN2O4/c10-6-3-12(9(15)11-8(6)14)7-2-1-5(4-13)16-7/h5-7,13H,1-4H2,(H,11,14,15)/t5-,6?,7+/m0/s1. The zero-order valence-electron chi connectivity index (χ0n) is 8.56. The predicted octanol–water partition coefficient (Wildman–Crippen LogP) is -0.201. The quantitative estimate of drug-likeness (QED) is 0.691. The first-order chi connectivity index (χ1) is 7.61. The van der Waals surface area contributed by atoms with Crippen molar-refractivity contribution in [3.63, 3.8) is 0 Å². The Labute approximate surface area is 101 Å². The summed E-state index contributed by atoms with van der Waals surface area (Å²) in [6, 6.07) is -0.427. The molecule has 2 rings (SSSR count). The fourth-order valence-corrected chi connectivity index (χ4v) is 2.32. The van der Waals surface area contributed by atoms with Crippen LogP contribution in [-0.4, -0.2) is 52.3 Å². The van der Waals surface area contributed by atoms with Crippen LogP contribution in [0.1, 0.15) is 12.8 Å². The molecular weight excluding hydrogens is 280 g/mol. The van der Waals surface area contributed by atoms with Crippen LogP contribution in [0.25, 0.3) is 0 Å². The first-order valence-electron chi connectivity index (χ1n) is 5.13. The van der Waals surface area contributed by atoms with E-state index in [2.05, 4.69) is 21.2 Å². The Balaban J connectivity index is 1.99. The number of amides is 3. The van der Waals surface area contributed by atoms with E-state index >= 15 is 0 Å². The fraction of sp³-hybridized carbons (Fsp3) is 0.778. The van der Waals surface area contributed by atoms with Crippen molar-refractivity contribution in [1.82, 2.24) is 10.2 Å². The zero-order valence-corrected chi connectivity index (χ0v) is 10.1. The Morgan fingerprint density at radius 3 is 2.88 bits per heavy atom.